The van der Waals surface area contributed by atoms with Crippen molar-refractivity contribution in [2.75, 3.05) is 7.11 Å². The van der Waals surface area contributed by atoms with Gasteiger partial charge in [0.25, 0.3) is 0 Å². The van der Waals surface area contributed by atoms with Crippen LogP contribution in [0.4, 0.5) is 8.78 Å². The van der Waals surface area contributed by atoms with Gasteiger partial charge >= 0.3 is 5.97 Å². The summed E-state index contributed by atoms with van der Waals surface area (Å²) in [6.45, 7) is 0.312. The van der Waals surface area contributed by atoms with E-state index in [1.54, 1.807) is 43.6 Å². The van der Waals surface area contributed by atoms with Crippen LogP contribution in [0.3, 0.4) is 0 Å². The van der Waals surface area contributed by atoms with Gasteiger partial charge in [0.2, 0.25) is 0 Å². The van der Waals surface area contributed by atoms with Gasteiger partial charge in [0.1, 0.15) is 29.7 Å². The van der Waals surface area contributed by atoms with Crippen LogP contribution >= 0.6 is 0 Å². The number of methoxy groups -OCH3 is 1. The van der Waals surface area contributed by atoms with Gasteiger partial charge in [-0.15, -0.1) is 0 Å². The second-order valence-electron chi connectivity index (χ2n) is 6.99. The monoisotopic (exact) mass is 423 g/mol. The number of aromatic carboxylic acids is 1. The Bertz CT molecular complexity index is 1270. The van der Waals surface area contributed by atoms with E-state index in [9.17, 15) is 18.7 Å². The average molecular weight is 423 g/mol. The largest absolute Gasteiger partial charge is 0.497 e. The number of aromatic nitrogens is 1. The number of fused-ring (bicyclic) bond motifs is 1. The third kappa shape index (κ3) is 4.21. The van der Waals surface area contributed by atoms with Gasteiger partial charge in [0.15, 0.2) is 0 Å². The number of carboxylic acids is 1. The van der Waals surface area contributed by atoms with E-state index in [4.69, 9.17) is 9.47 Å². The maximum absolute atomic E-state index is 14.0. The zero-order chi connectivity index (χ0) is 22.0. The van der Waals surface area contributed by atoms with Crippen molar-refractivity contribution in [1.29, 1.82) is 0 Å². The van der Waals surface area contributed by atoms with Crippen molar-refractivity contribution in [3.05, 3.63) is 95.2 Å². The summed E-state index contributed by atoms with van der Waals surface area (Å²) in [6, 6.07) is 15.5. The molecular formula is C24H19F2NO4. The third-order valence-electron chi connectivity index (χ3n) is 5.05. The Morgan fingerprint density at radius 3 is 2.61 bits per heavy atom. The molecule has 0 spiro atoms. The average Bonchev–Trinajstić information content (AvgIpc) is 3.16. The van der Waals surface area contributed by atoms with Crippen LogP contribution in [0, 0.1) is 11.6 Å². The van der Waals surface area contributed by atoms with Gasteiger partial charge < -0.3 is 19.1 Å². The summed E-state index contributed by atoms with van der Waals surface area (Å²) >= 11 is 0. The smallest absolute Gasteiger partial charge is 0.336 e. The summed E-state index contributed by atoms with van der Waals surface area (Å²) in [6.07, 6.45) is 1.81. The molecule has 0 fully saturated rings. The molecule has 0 bridgehead atoms. The highest BCUT2D eigenvalue weighted by molar-refractivity contribution is 6.03. The molecule has 0 aliphatic heterocycles. The van der Waals surface area contributed by atoms with E-state index in [1.807, 2.05) is 16.7 Å². The van der Waals surface area contributed by atoms with Crippen molar-refractivity contribution < 1.29 is 28.2 Å². The van der Waals surface area contributed by atoms with E-state index in [0.29, 0.717) is 23.4 Å². The number of hydrogen-bond acceptors (Lipinski definition) is 3. The molecular weight excluding hydrogens is 404 g/mol. The molecule has 4 rings (SSSR count). The maximum Gasteiger partial charge on any atom is 0.336 e. The van der Waals surface area contributed by atoms with E-state index >= 15 is 0 Å². The summed E-state index contributed by atoms with van der Waals surface area (Å²) in [5.41, 5.74) is 1.99. The Balaban J connectivity index is 1.65. The minimum Gasteiger partial charge on any atom is -0.497 e. The molecule has 3 aromatic carbocycles. The van der Waals surface area contributed by atoms with Crippen LogP contribution in [0.2, 0.25) is 0 Å². The van der Waals surface area contributed by atoms with Crippen molar-refractivity contribution in [2.45, 2.75) is 13.2 Å². The first kappa shape index (κ1) is 20.4. The van der Waals surface area contributed by atoms with E-state index in [2.05, 4.69) is 0 Å². The molecule has 0 unspecified atom stereocenters. The fraction of sp³-hybridized carbons (Fsp3) is 0.125. The van der Waals surface area contributed by atoms with Crippen molar-refractivity contribution in [2.24, 2.45) is 0 Å². The molecule has 1 aromatic heterocycles. The van der Waals surface area contributed by atoms with E-state index in [0.717, 1.165) is 17.1 Å². The van der Waals surface area contributed by atoms with Crippen molar-refractivity contribution >= 4 is 16.9 Å². The van der Waals surface area contributed by atoms with Gasteiger partial charge in [-0.05, 0) is 48.5 Å². The lowest BCUT2D eigenvalue weighted by molar-refractivity contribution is 0.0699. The van der Waals surface area contributed by atoms with Gasteiger partial charge in [0.05, 0.1) is 19.2 Å². The van der Waals surface area contributed by atoms with Crippen LogP contribution in [0.25, 0.3) is 10.9 Å². The standard InChI is InChI=1S/C24H19F2NO4/c1-30-18-7-8-23(31-14-15-5-6-17(25)12-21(15)26)16(11-18)13-27-10-9-19-20(24(28)29)3-2-4-22(19)27/h2-12H,13-14H2,1H3,(H,28,29). The second kappa shape index (κ2) is 8.47. The topological polar surface area (TPSA) is 60.7 Å². The number of halogens is 2. The Hall–Kier alpha value is -3.87. The fourth-order valence-corrected chi connectivity index (χ4v) is 3.47. The SMILES string of the molecule is COc1ccc(OCc2ccc(F)cc2F)c(Cn2ccc3c(C(=O)O)cccc32)c1. The fourth-order valence-electron chi connectivity index (χ4n) is 3.47. The van der Waals surface area contributed by atoms with Crippen LogP contribution in [-0.2, 0) is 13.2 Å². The first-order valence-electron chi connectivity index (χ1n) is 9.51. The lowest BCUT2D eigenvalue weighted by Crippen LogP contribution is -2.05. The number of nitrogens with zero attached hydrogens (tertiary/aromatic N) is 1. The predicted octanol–water partition coefficient (Wildman–Crippen LogP) is 5.25. The first-order chi connectivity index (χ1) is 15.0. The number of carbonyl (C=O) groups is 1. The Kier molecular flexibility index (Phi) is 5.58. The molecule has 0 saturated heterocycles. The molecule has 0 aliphatic rings. The van der Waals surface area contributed by atoms with Crippen LogP contribution < -0.4 is 9.47 Å². The quantitative estimate of drug-likeness (QED) is 0.441. The summed E-state index contributed by atoms with van der Waals surface area (Å²) in [7, 11) is 1.55. The van der Waals surface area contributed by atoms with Crippen molar-refractivity contribution in [1.82, 2.24) is 4.57 Å². The molecule has 31 heavy (non-hydrogen) atoms. The lowest BCUT2D eigenvalue weighted by Gasteiger charge is -2.15. The van der Waals surface area contributed by atoms with Gasteiger partial charge in [-0.25, -0.2) is 13.6 Å². The maximum atomic E-state index is 14.0. The van der Waals surface area contributed by atoms with E-state index < -0.39 is 17.6 Å². The first-order valence-corrected chi connectivity index (χ1v) is 9.51. The van der Waals surface area contributed by atoms with Crippen molar-refractivity contribution in [3.8, 4) is 11.5 Å². The summed E-state index contributed by atoms with van der Waals surface area (Å²) in [5, 5.41) is 10.0. The van der Waals surface area contributed by atoms with Crippen LogP contribution in [-0.4, -0.2) is 22.8 Å². The third-order valence-corrected chi connectivity index (χ3v) is 5.05. The number of carboxylic acid groups (broad SMARTS) is 1. The molecule has 158 valence electrons. The molecule has 0 atom stereocenters. The number of hydrogen-bond donors (Lipinski definition) is 1. The molecule has 0 aliphatic carbocycles. The normalized spacial score (nSPS) is 10.9. The minimum atomic E-state index is -0.991. The minimum absolute atomic E-state index is 0.0684. The lowest BCUT2D eigenvalue weighted by atomic mass is 10.1. The Morgan fingerprint density at radius 2 is 1.87 bits per heavy atom. The van der Waals surface area contributed by atoms with E-state index in [-0.39, 0.29) is 17.7 Å². The number of benzene rings is 3. The Labute approximate surface area is 177 Å². The van der Waals surface area contributed by atoms with E-state index in [1.165, 1.54) is 12.1 Å². The van der Waals surface area contributed by atoms with Crippen LogP contribution in [0.5, 0.6) is 11.5 Å². The van der Waals surface area contributed by atoms with Crippen LogP contribution in [0.15, 0.2) is 66.9 Å². The molecule has 0 amide bonds. The van der Waals surface area contributed by atoms with Gasteiger partial charge in [-0.2, -0.15) is 0 Å². The zero-order valence-corrected chi connectivity index (χ0v) is 16.6. The van der Waals surface area contributed by atoms with Crippen LogP contribution in [0.1, 0.15) is 21.5 Å². The van der Waals surface area contributed by atoms with Crippen molar-refractivity contribution in [3.63, 3.8) is 0 Å². The summed E-state index contributed by atoms with van der Waals surface area (Å²) in [5.74, 6) is -1.17. The predicted molar refractivity (Wildman–Crippen MR) is 112 cm³/mol. The highest BCUT2D eigenvalue weighted by atomic mass is 19.1. The molecule has 1 heterocycles. The molecule has 0 saturated carbocycles. The molecule has 4 aromatic rings. The molecule has 1 N–H and O–H groups in total. The van der Waals surface area contributed by atoms with Gasteiger partial charge in [0, 0.05) is 34.3 Å². The highest BCUT2D eigenvalue weighted by Gasteiger charge is 2.14. The summed E-state index contributed by atoms with van der Waals surface area (Å²) in [4.78, 5) is 11.5. The number of rotatable bonds is 7. The number of ether oxygens (including phenoxy) is 2. The molecule has 0 radical (unpaired) electrons. The van der Waals surface area contributed by atoms with Gasteiger partial charge in [-0.3, -0.25) is 0 Å². The van der Waals surface area contributed by atoms with Gasteiger partial charge in [-0.1, -0.05) is 6.07 Å². The molecule has 7 heteroatoms. The Morgan fingerprint density at radius 1 is 1.03 bits per heavy atom. The zero-order valence-electron chi connectivity index (χ0n) is 16.6. The molecule has 5 nitrogen and oxygen atoms in total. The summed E-state index contributed by atoms with van der Waals surface area (Å²) < 4.78 is 40.2. The second-order valence-corrected chi connectivity index (χ2v) is 6.99. The highest BCUT2D eigenvalue weighted by Crippen LogP contribution is 2.28.